The minimum atomic E-state index is -2.50. The van der Waals surface area contributed by atoms with Gasteiger partial charge in [0, 0.05) is 86.6 Å². The van der Waals surface area contributed by atoms with Gasteiger partial charge in [-0.15, -0.1) is 0 Å². The van der Waals surface area contributed by atoms with Crippen LogP contribution in [0.15, 0.2) is 219 Å². The molecule has 12 rings (SSSR count). The summed E-state index contributed by atoms with van der Waals surface area (Å²) in [7, 11) is 7.99. The predicted molar refractivity (Wildman–Crippen MR) is 482 cm³/mol. The minimum absolute atomic E-state index is 0.0382. The molecule has 0 N–H and O–H groups in total. The highest BCUT2D eigenvalue weighted by atomic mass is 14.9. The van der Waals surface area contributed by atoms with Gasteiger partial charge >= 0.3 is 0 Å². The lowest BCUT2D eigenvalue weighted by molar-refractivity contribution is -0.661. The molecule has 0 amide bonds. The van der Waals surface area contributed by atoms with Crippen LogP contribution >= 0.6 is 0 Å². The highest BCUT2D eigenvalue weighted by Crippen LogP contribution is 2.39. The number of hydrogen-bond donors (Lipinski definition) is 0. The Kier molecular flexibility index (Phi) is 22.0. The van der Waals surface area contributed by atoms with Gasteiger partial charge in [0.2, 0.25) is 22.8 Å². The number of pyridine rings is 4. The molecule has 0 saturated heterocycles. The van der Waals surface area contributed by atoms with Crippen molar-refractivity contribution < 1.29 is 36.1 Å². The fraction of sp³-hybridized carbons (Fsp3) is 0.370. The van der Waals surface area contributed by atoms with Gasteiger partial charge in [0.1, 0.15) is 28.2 Å². The summed E-state index contributed by atoms with van der Waals surface area (Å²) in [5, 5.41) is 0. The van der Waals surface area contributed by atoms with Crippen LogP contribution in [-0.4, -0.2) is 0 Å². The van der Waals surface area contributed by atoms with Crippen molar-refractivity contribution in [3.63, 3.8) is 0 Å². The van der Waals surface area contributed by atoms with Crippen molar-refractivity contribution in [1.82, 2.24) is 0 Å². The van der Waals surface area contributed by atoms with Crippen molar-refractivity contribution in [1.29, 1.82) is 0 Å². The molecule has 12 aromatic rings. The fourth-order valence-electron chi connectivity index (χ4n) is 15.1. The smallest absolute Gasteiger partial charge is 0.201 e. The Morgan fingerprint density at radius 1 is 0.232 bits per heavy atom. The second-order valence-electron chi connectivity index (χ2n) is 37.1. The topological polar surface area (TPSA) is 15.5 Å². The second-order valence-corrected chi connectivity index (χ2v) is 37.1. The third kappa shape index (κ3) is 23.0. The summed E-state index contributed by atoms with van der Waals surface area (Å²) < 4.78 is 116. The zero-order chi connectivity index (χ0) is 93.4. The SMILES string of the molecule is Cc1c[n+](C)c(-c2cc(-c3ccccc3)c(C)cc2C)cc1CC(C)(C)C.Cc1cc(C)c(-c2cc(CC(C)(C)C)c(CC(C)(C)C)c[n+]2C)cc1-c1ccccc1.[2H]C([2H])([2H])c1cc(C)c(-c2cc(C([2H])([2H])C(C)(C)C)c(C([2H])([2H])[2H])c[n+]2C)cc1-c1ccccc1.[2H]C([2H])([2H])c1cc(C)c(-c2cc(C)c(C([2H])([2H])C(C)(C)C)c[n+]2C)cc1-c1ccccc1. The summed E-state index contributed by atoms with van der Waals surface area (Å²) >= 11 is 0. The molecule has 0 spiro atoms. The molecule has 0 saturated carbocycles. The highest BCUT2D eigenvalue weighted by molar-refractivity contribution is 5.80. The van der Waals surface area contributed by atoms with Gasteiger partial charge in [-0.2, -0.15) is 0 Å². The molecule has 0 fully saturated rings. The fourth-order valence-corrected chi connectivity index (χ4v) is 15.1. The first kappa shape index (κ1) is 69.1. The zero-order valence-electron chi connectivity index (χ0n) is 85.7. The molecule has 0 atom stereocenters. The van der Waals surface area contributed by atoms with E-state index < -0.39 is 44.1 Å². The van der Waals surface area contributed by atoms with E-state index in [0.29, 0.717) is 39.1 Å². The zero-order valence-corrected chi connectivity index (χ0v) is 72.7. The van der Waals surface area contributed by atoms with Crippen molar-refractivity contribution in [2.24, 2.45) is 55.3 Å². The van der Waals surface area contributed by atoms with E-state index >= 15 is 0 Å². The van der Waals surface area contributed by atoms with Crippen LogP contribution in [-0.2, 0) is 60.2 Å². The summed E-state index contributed by atoms with van der Waals surface area (Å²) in [4.78, 5) is 0. The second kappa shape index (κ2) is 35.6. The van der Waals surface area contributed by atoms with Crippen LogP contribution in [0.4, 0.5) is 0 Å². The van der Waals surface area contributed by atoms with E-state index in [2.05, 4.69) is 230 Å². The van der Waals surface area contributed by atoms with Gasteiger partial charge in [-0.25, -0.2) is 18.3 Å². The Hall–Kier alpha value is -9.64. The molecule has 0 aliphatic rings. The van der Waals surface area contributed by atoms with Crippen molar-refractivity contribution in [2.45, 2.75) is 212 Å². The third-order valence-electron chi connectivity index (χ3n) is 20.3. The van der Waals surface area contributed by atoms with Crippen LogP contribution in [0.25, 0.3) is 89.5 Å². The van der Waals surface area contributed by atoms with Crippen LogP contribution in [0.1, 0.15) is 211 Å². The van der Waals surface area contributed by atoms with Crippen molar-refractivity contribution >= 4 is 0 Å². The Morgan fingerprint density at radius 2 is 0.491 bits per heavy atom. The van der Waals surface area contributed by atoms with Crippen LogP contribution in [0, 0.1) is 103 Å². The van der Waals surface area contributed by atoms with Gasteiger partial charge < -0.3 is 0 Å². The maximum atomic E-state index is 8.85. The molecular formula is C108H136N4+4. The number of aromatic nitrogens is 4. The van der Waals surface area contributed by atoms with E-state index in [1.807, 2.05) is 138 Å². The summed E-state index contributed by atoms with van der Waals surface area (Å²) in [5.74, 6) is 0. The number of nitrogens with zero attached hydrogens (tertiary/aromatic N) is 4. The van der Waals surface area contributed by atoms with Gasteiger partial charge in [-0.05, 0) is 271 Å². The Balaban J connectivity index is 0.000000189. The van der Waals surface area contributed by atoms with E-state index in [-0.39, 0.29) is 32.9 Å². The van der Waals surface area contributed by atoms with Gasteiger partial charge in [-0.1, -0.05) is 249 Å². The third-order valence-corrected chi connectivity index (χ3v) is 20.3. The quantitative estimate of drug-likeness (QED) is 0.102. The lowest BCUT2D eigenvalue weighted by Gasteiger charge is -2.24. The lowest BCUT2D eigenvalue weighted by atomic mass is 9.81. The normalized spacial score (nSPS) is 14.2. The average molecular weight is 1500 g/mol. The van der Waals surface area contributed by atoms with Gasteiger partial charge in [0.05, 0.1) is 0 Å². The summed E-state index contributed by atoms with van der Waals surface area (Å²) in [5.41, 5.74) is 30.7. The van der Waals surface area contributed by atoms with E-state index in [1.54, 1.807) is 50.6 Å². The number of rotatable bonds is 13. The predicted octanol–water partition coefficient (Wildman–Crippen LogP) is 26.7. The Bertz CT molecular complexity index is 5840. The number of aryl methyl sites for hydroxylation is 15. The van der Waals surface area contributed by atoms with Crippen LogP contribution < -0.4 is 18.3 Å². The standard InChI is InChI=1S/C30H40N.3C26H32N/c1-21-15-22(2)27(17-26(21)23-13-11-10-12-14-23)28-16-24(18-29(3,4)5)25(20-31(28)9)19-30(6,7)8;1-18-14-25(27(7)17-22(18)16-26(4,5)6)24-15-23(19(2)13-20(24)3)21-11-9-8-10-12-21;2*1-18-13-19(2)24(15-23(18)21-11-9-8-10-12-21)25-14-22(16-26(4,5)6)20(3)17-27(25)7/h10-17,20H,18-19H2,1-9H3;3*8-15,17H,16H2,1-7H3/q4*+1/i;2D3,16D2;1D3,3D3,16D2;. The Labute approximate surface area is 697 Å². The molecule has 4 heteroatoms. The summed E-state index contributed by atoms with van der Waals surface area (Å²) in [6.07, 6.45) is 7.83. The molecule has 0 aliphatic heterocycles. The first-order valence-corrected chi connectivity index (χ1v) is 39.8. The van der Waals surface area contributed by atoms with Crippen LogP contribution in [0.2, 0.25) is 0 Å². The molecular weight excluding hydrogens is 1350 g/mol. The Morgan fingerprint density at radius 3 is 0.830 bits per heavy atom. The minimum Gasteiger partial charge on any atom is -0.201 e. The van der Waals surface area contributed by atoms with E-state index in [9.17, 15) is 0 Å². The molecule has 4 nitrogen and oxygen atoms in total. The first-order valence-electron chi connectivity index (χ1n) is 46.3. The molecule has 0 bridgehead atoms. The van der Waals surface area contributed by atoms with Gasteiger partial charge in [-0.3, -0.25) is 0 Å². The molecule has 0 aliphatic carbocycles. The van der Waals surface area contributed by atoms with Crippen LogP contribution in [0.5, 0.6) is 0 Å². The lowest BCUT2D eigenvalue weighted by Crippen LogP contribution is -2.33. The van der Waals surface area contributed by atoms with Crippen LogP contribution in [0.3, 0.4) is 0 Å². The summed E-state index contributed by atoms with van der Waals surface area (Å²) in [6.45, 7) is 41.6. The summed E-state index contributed by atoms with van der Waals surface area (Å²) in [6, 6.07) is 65.4. The van der Waals surface area contributed by atoms with Gasteiger partial charge in [0.25, 0.3) is 0 Å². The van der Waals surface area contributed by atoms with Crippen molar-refractivity contribution in [3.05, 3.63) is 308 Å². The highest BCUT2D eigenvalue weighted by Gasteiger charge is 2.28. The van der Waals surface area contributed by atoms with E-state index in [4.69, 9.17) is 17.8 Å². The molecule has 4 aromatic heterocycles. The van der Waals surface area contributed by atoms with Crippen molar-refractivity contribution in [3.8, 4) is 89.5 Å². The number of benzene rings is 8. The maximum Gasteiger partial charge on any atom is 0.212 e. The largest absolute Gasteiger partial charge is 0.212 e. The average Bonchev–Trinajstić information content (AvgIpc) is 0.746. The molecule has 4 heterocycles. The maximum absolute atomic E-state index is 8.85. The van der Waals surface area contributed by atoms with E-state index in [0.717, 1.165) is 52.8 Å². The van der Waals surface area contributed by atoms with Crippen molar-refractivity contribution in [2.75, 3.05) is 0 Å². The molecule has 8 aromatic carbocycles. The molecule has 0 unspecified atom stereocenters. The molecule has 0 radical (unpaired) electrons. The molecule has 584 valence electrons. The first-order chi connectivity index (χ1) is 57.5. The monoisotopic (exact) mass is 1500 g/mol. The number of hydrogen-bond acceptors (Lipinski definition) is 0. The molecule has 112 heavy (non-hydrogen) atoms. The van der Waals surface area contributed by atoms with Gasteiger partial charge in [0.15, 0.2) is 24.8 Å². The van der Waals surface area contributed by atoms with E-state index in [1.165, 1.54) is 95.5 Å².